The van der Waals surface area contributed by atoms with Crippen molar-refractivity contribution in [3.05, 3.63) is 29.3 Å². The number of benzene rings is 1. The molecule has 1 rings (SSSR count). The maximum Gasteiger partial charge on any atom is 0.122 e. The maximum absolute atomic E-state index is 5.47. The Bertz CT molecular complexity index is 374. The van der Waals surface area contributed by atoms with Crippen molar-refractivity contribution < 1.29 is 4.74 Å². The average molecular weight is 237 g/mol. The van der Waals surface area contributed by atoms with Gasteiger partial charge in [0.15, 0.2) is 0 Å². The summed E-state index contributed by atoms with van der Waals surface area (Å²) in [6.45, 7) is 2.70. The van der Waals surface area contributed by atoms with Crippen LogP contribution in [0.1, 0.15) is 18.1 Å². The first-order valence-corrected chi connectivity index (χ1v) is 6.60. The summed E-state index contributed by atoms with van der Waals surface area (Å²) in [5, 5.41) is 0. The van der Waals surface area contributed by atoms with Crippen molar-refractivity contribution in [2.45, 2.75) is 18.2 Å². The number of rotatable bonds is 5. The van der Waals surface area contributed by atoms with Crippen molar-refractivity contribution in [3.63, 3.8) is 0 Å². The van der Waals surface area contributed by atoms with Crippen LogP contribution in [-0.2, 0) is 6.42 Å². The van der Waals surface area contributed by atoms with Crippen LogP contribution < -0.4 is 10.5 Å². The Balaban J connectivity index is 3.20. The van der Waals surface area contributed by atoms with Gasteiger partial charge in [-0.15, -0.1) is 11.8 Å². The first kappa shape index (κ1) is 13.1. The lowest BCUT2D eigenvalue weighted by atomic mass is 10.1. The number of ether oxygens (including phenoxy) is 1. The standard InChI is InChI=1S/C13H19NOS/c1-4-10-9-13(16-3)11(6-5-7-14)8-12(10)15-2/h5-6,8-9H,4,7,14H2,1-3H3/b6-5+. The van der Waals surface area contributed by atoms with E-state index in [1.54, 1.807) is 18.9 Å². The van der Waals surface area contributed by atoms with E-state index in [0.717, 1.165) is 12.2 Å². The highest BCUT2D eigenvalue weighted by Gasteiger charge is 2.06. The highest BCUT2D eigenvalue weighted by atomic mass is 32.2. The highest BCUT2D eigenvalue weighted by Crippen LogP contribution is 2.30. The van der Waals surface area contributed by atoms with Crippen LogP contribution in [0.2, 0.25) is 0 Å². The quantitative estimate of drug-likeness (QED) is 0.800. The Morgan fingerprint density at radius 1 is 1.44 bits per heavy atom. The van der Waals surface area contributed by atoms with Crippen LogP contribution in [0.5, 0.6) is 5.75 Å². The van der Waals surface area contributed by atoms with E-state index in [-0.39, 0.29) is 0 Å². The smallest absolute Gasteiger partial charge is 0.122 e. The normalized spacial score (nSPS) is 11.0. The van der Waals surface area contributed by atoms with Gasteiger partial charge in [0.05, 0.1) is 7.11 Å². The van der Waals surface area contributed by atoms with Gasteiger partial charge < -0.3 is 10.5 Å². The summed E-state index contributed by atoms with van der Waals surface area (Å²) in [5.74, 6) is 0.956. The fourth-order valence-electron chi connectivity index (χ4n) is 1.59. The number of nitrogens with two attached hydrogens (primary N) is 1. The zero-order valence-corrected chi connectivity index (χ0v) is 10.9. The van der Waals surface area contributed by atoms with E-state index in [2.05, 4.69) is 25.3 Å². The third kappa shape index (κ3) is 3.03. The molecule has 0 radical (unpaired) electrons. The molecule has 0 aliphatic carbocycles. The van der Waals surface area contributed by atoms with Crippen LogP contribution in [0.25, 0.3) is 6.08 Å². The molecule has 1 aromatic rings. The van der Waals surface area contributed by atoms with Gasteiger partial charge >= 0.3 is 0 Å². The monoisotopic (exact) mass is 237 g/mol. The second kappa shape index (κ2) is 6.61. The molecule has 2 N–H and O–H groups in total. The molecule has 0 fully saturated rings. The predicted molar refractivity (Wildman–Crippen MR) is 72.2 cm³/mol. The van der Waals surface area contributed by atoms with E-state index in [1.807, 2.05) is 12.2 Å². The van der Waals surface area contributed by atoms with Gasteiger partial charge in [-0.3, -0.25) is 0 Å². The van der Waals surface area contributed by atoms with Crippen molar-refractivity contribution in [2.24, 2.45) is 5.73 Å². The minimum atomic E-state index is 0.561. The predicted octanol–water partition coefficient (Wildman–Crippen LogP) is 2.95. The Kier molecular flexibility index (Phi) is 5.43. The molecule has 0 saturated heterocycles. The molecule has 0 saturated carbocycles. The molecule has 1 aromatic carbocycles. The number of aryl methyl sites for hydroxylation is 1. The lowest BCUT2D eigenvalue weighted by Crippen LogP contribution is -1.95. The van der Waals surface area contributed by atoms with E-state index in [9.17, 15) is 0 Å². The molecule has 3 heteroatoms. The number of thioether (sulfide) groups is 1. The van der Waals surface area contributed by atoms with Crippen molar-refractivity contribution in [1.29, 1.82) is 0 Å². The van der Waals surface area contributed by atoms with Crippen molar-refractivity contribution in [2.75, 3.05) is 19.9 Å². The van der Waals surface area contributed by atoms with E-state index in [0.29, 0.717) is 6.54 Å². The highest BCUT2D eigenvalue weighted by molar-refractivity contribution is 7.98. The van der Waals surface area contributed by atoms with E-state index in [4.69, 9.17) is 10.5 Å². The Labute approximate surface area is 102 Å². The van der Waals surface area contributed by atoms with Crippen molar-refractivity contribution in [3.8, 4) is 5.75 Å². The van der Waals surface area contributed by atoms with Crippen molar-refractivity contribution >= 4 is 17.8 Å². The van der Waals surface area contributed by atoms with Crippen LogP contribution in [0, 0.1) is 0 Å². The zero-order chi connectivity index (χ0) is 12.0. The largest absolute Gasteiger partial charge is 0.496 e. The van der Waals surface area contributed by atoms with Gasteiger partial charge in [-0.05, 0) is 35.9 Å². The number of hydrogen-bond acceptors (Lipinski definition) is 3. The lowest BCUT2D eigenvalue weighted by molar-refractivity contribution is 0.409. The van der Waals surface area contributed by atoms with Crippen LogP contribution in [-0.4, -0.2) is 19.9 Å². The average Bonchev–Trinajstić information content (AvgIpc) is 2.35. The van der Waals surface area contributed by atoms with Crippen molar-refractivity contribution in [1.82, 2.24) is 0 Å². The number of methoxy groups -OCH3 is 1. The van der Waals surface area contributed by atoms with Crippen LogP contribution in [0.3, 0.4) is 0 Å². The second-order valence-electron chi connectivity index (χ2n) is 3.40. The molecule has 0 aliphatic rings. The van der Waals surface area contributed by atoms with E-state index >= 15 is 0 Å². The molecule has 2 nitrogen and oxygen atoms in total. The first-order valence-electron chi connectivity index (χ1n) is 5.38. The summed E-state index contributed by atoms with van der Waals surface area (Å²) in [6.07, 6.45) is 7.08. The summed E-state index contributed by atoms with van der Waals surface area (Å²) < 4.78 is 5.38. The summed E-state index contributed by atoms with van der Waals surface area (Å²) in [5.41, 5.74) is 7.89. The minimum Gasteiger partial charge on any atom is -0.496 e. The summed E-state index contributed by atoms with van der Waals surface area (Å²) in [7, 11) is 1.71. The van der Waals surface area contributed by atoms with Gasteiger partial charge in [-0.1, -0.05) is 19.1 Å². The molecule has 0 bridgehead atoms. The van der Waals surface area contributed by atoms with Crippen LogP contribution >= 0.6 is 11.8 Å². The maximum atomic E-state index is 5.47. The molecule has 88 valence electrons. The molecular weight excluding hydrogens is 218 g/mol. The van der Waals surface area contributed by atoms with Gasteiger partial charge in [0.1, 0.15) is 5.75 Å². The van der Waals surface area contributed by atoms with Gasteiger partial charge in [0.2, 0.25) is 0 Å². The SMILES string of the molecule is CCc1cc(SC)c(/C=C/CN)cc1OC. The Morgan fingerprint density at radius 3 is 2.69 bits per heavy atom. The van der Waals surface area contributed by atoms with Gasteiger partial charge in [0.25, 0.3) is 0 Å². The molecule has 0 unspecified atom stereocenters. The van der Waals surface area contributed by atoms with Gasteiger partial charge in [-0.2, -0.15) is 0 Å². The fraction of sp³-hybridized carbons (Fsp3) is 0.385. The molecule has 0 aliphatic heterocycles. The zero-order valence-electron chi connectivity index (χ0n) is 10.1. The third-order valence-corrected chi connectivity index (χ3v) is 3.24. The Hall–Kier alpha value is -0.930. The molecule has 0 atom stereocenters. The fourth-order valence-corrected chi connectivity index (χ4v) is 2.21. The summed E-state index contributed by atoms with van der Waals surface area (Å²) >= 11 is 1.75. The van der Waals surface area contributed by atoms with E-state index in [1.165, 1.54) is 16.0 Å². The van der Waals surface area contributed by atoms with E-state index < -0.39 is 0 Å². The molecule has 0 spiro atoms. The first-order chi connectivity index (χ1) is 7.76. The van der Waals surface area contributed by atoms with Gasteiger partial charge in [0, 0.05) is 11.4 Å². The molecular formula is C13H19NOS. The second-order valence-corrected chi connectivity index (χ2v) is 4.25. The molecule has 0 aromatic heterocycles. The molecule has 16 heavy (non-hydrogen) atoms. The molecule has 0 heterocycles. The lowest BCUT2D eigenvalue weighted by Gasteiger charge is -2.11. The number of hydrogen-bond donors (Lipinski definition) is 1. The summed E-state index contributed by atoms with van der Waals surface area (Å²) in [4.78, 5) is 1.27. The summed E-state index contributed by atoms with van der Waals surface area (Å²) in [6, 6.07) is 4.27. The van der Waals surface area contributed by atoms with Crippen LogP contribution in [0.4, 0.5) is 0 Å². The topological polar surface area (TPSA) is 35.2 Å². The molecule has 0 amide bonds. The van der Waals surface area contributed by atoms with Crippen LogP contribution in [0.15, 0.2) is 23.1 Å². The van der Waals surface area contributed by atoms with Gasteiger partial charge in [-0.25, -0.2) is 0 Å². The minimum absolute atomic E-state index is 0.561. The Morgan fingerprint density at radius 2 is 2.19 bits per heavy atom. The third-order valence-electron chi connectivity index (χ3n) is 2.45.